The number of nitrogens with one attached hydrogen (secondary N) is 2. The average molecular weight is 498 g/mol. The standard InChI is InChI=1S/C22H30F3N7O3/c1-21(2,3)35-20(34)27-9-5-4-6-18(33)30-16-12-32-17(29-16)8-7-15(31-32)13-10-14(22(23,24)25)19(26)28-11-13/h7-8,10-12,18,20,27,30,33-34H,4-6,9H2,1-3H3,(H2,26,28). The highest BCUT2D eigenvalue weighted by Gasteiger charge is 2.34. The van der Waals surface area contributed by atoms with E-state index < -0.39 is 35.8 Å². The number of aliphatic hydroxyl groups is 2. The van der Waals surface area contributed by atoms with Gasteiger partial charge in [0.05, 0.1) is 23.1 Å². The Morgan fingerprint density at radius 2 is 1.91 bits per heavy atom. The van der Waals surface area contributed by atoms with E-state index in [9.17, 15) is 23.4 Å². The van der Waals surface area contributed by atoms with Gasteiger partial charge in [-0.1, -0.05) is 0 Å². The van der Waals surface area contributed by atoms with Crippen LogP contribution in [0.1, 0.15) is 45.6 Å². The number of rotatable bonds is 10. The van der Waals surface area contributed by atoms with Crippen molar-refractivity contribution in [3.8, 4) is 11.3 Å². The Morgan fingerprint density at radius 3 is 2.60 bits per heavy atom. The molecule has 0 fully saturated rings. The maximum Gasteiger partial charge on any atom is 0.419 e. The maximum atomic E-state index is 13.1. The Bertz CT molecular complexity index is 1130. The first kappa shape index (κ1) is 26.6. The molecule has 10 nitrogen and oxygen atoms in total. The smallest absolute Gasteiger partial charge is 0.383 e. The topological polar surface area (TPSA) is 143 Å². The summed E-state index contributed by atoms with van der Waals surface area (Å²) in [6, 6.07) is 4.03. The first-order valence-electron chi connectivity index (χ1n) is 11.1. The molecule has 0 saturated heterocycles. The Morgan fingerprint density at radius 1 is 1.17 bits per heavy atom. The molecule has 0 aliphatic heterocycles. The molecule has 3 rings (SSSR count). The van der Waals surface area contributed by atoms with Crippen LogP contribution in [0.3, 0.4) is 0 Å². The monoisotopic (exact) mass is 497 g/mol. The highest BCUT2D eigenvalue weighted by molar-refractivity contribution is 5.63. The minimum atomic E-state index is -4.63. The van der Waals surface area contributed by atoms with Crippen LogP contribution in [0.25, 0.3) is 16.9 Å². The van der Waals surface area contributed by atoms with Crippen LogP contribution in [0.4, 0.5) is 24.8 Å². The maximum absolute atomic E-state index is 13.1. The fourth-order valence-corrected chi connectivity index (χ4v) is 3.26. The summed E-state index contributed by atoms with van der Waals surface area (Å²) in [5.74, 6) is -0.240. The second-order valence-electron chi connectivity index (χ2n) is 8.99. The second kappa shape index (κ2) is 10.7. The zero-order valence-electron chi connectivity index (χ0n) is 19.7. The predicted octanol–water partition coefficient (Wildman–Crippen LogP) is 2.97. The number of halogens is 3. The summed E-state index contributed by atoms with van der Waals surface area (Å²) < 4.78 is 46.2. The van der Waals surface area contributed by atoms with E-state index in [1.54, 1.807) is 6.07 Å². The lowest BCUT2D eigenvalue weighted by molar-refractivity contribution is -0.181. The molecule has 35 heavy (non-hydrogen) atoms. The van der Waals surface area contributed by atoms with Gasteiger partial charge in [-0.2, -0.15) is 18.3 Å². The number of unbranched alkanes of at least 4 members (excludes halogenated alkanes) is 1. The van der Waals surface area contributed by atoms with Crippen LogP contribution in [-0.2, 0) is 10.9 Å². The third-order valence-electron chi connectivity index (χ3n) is 4.84. The van der Waals surface area contributed by atoms with Crippen LogP contribution in [0.15, 0.2) is 30.6 Å². The van der Waals surface area contributed by atoms with Crippen molar-refractivity contribution in [1.29, 1.82) is 0 Å². The Hall–Kier alpha value is -3.00. The van der Waals surface area contributed by atoms with E-state index in [-0.39, 0.29) is 11.3 Å². The van der Waals surface area contributed by atoms with Crippen molar-refractivity contribution in [3.05, 3.63) is 36.2 Å². The minimum Gasteiger partial charge on any atom is -0.383 e. The molecule has 0 aliphatic carbocycles. The number of alkyl halides is 3. The van der Waals surface area contributed by atoms with Gasteiger partial charge < -0.3 is 26.0 Å². The lowest BCUT2D eigenvalue weighted by Crippen LogP contribution is -2.38. The summed E-state index contributed by atoms with van der Waals surface area (Å²) in [4.78, 5) is 7.95. The number of hydrogen-bond donors (Lipinski definition) is 5. The van der Waals surface area contributed by atoms with Crippen LogP contribution in [0, 0.1) is 0 Å². The molecule has 3 aromatic rings. The molecule has 0 radical (unpaired) electrons. The quantitative estimate of drug-likeness (QED) is 0.211. The van der Waals surface area contributed by atoms with E-state index >= 15 is 0 Å². The third-order valence-corrected chi connectivity index (χ3v) is 4.84. The molecule has 0 amide bonds. The van der Waals surface area contributed by atoms with E-state index in [1.165, 1.54) is 23.0 Å². The Labute approximate surface area is 200 Å². The van der Waals surface area contributed by atoms with Crippen LogP contribution in [-0.4, -0.2) is 54.6 Å². The molecule has 192 valence electrons. The van der Waals surface area contributed by atoms with Crippen molar-refractivity contribution in [2.24, 2.45) is 0 Å². The van der Waals surface area contributed by atoms with Crippen molar-refractivity contribution in [2.75, 3.05) is 17.6 Å². The fraction of sp³-hybridized carbons (Fsp3) is 0.500. The number of anilines is 2. The SMILES string of the molecule is CC(C)(C)OC(O)NCCCCC(O)Nc1cn2nc(-c3cnc(N)c(C(F)(F)F)c3)ccc2n1. The molecular formula is C22H30F3N7O3. The highest BCUT2D eigenvalue weighted by atomic mass is 19.4. The normalized spacial score (nSPS) is 14.3. The molecule has 6 N–H and O–H groups in total. The summed E-state index contributed by atoms with van der Waals surface area (Å²) in [6.45, 7) is 6.04. The van der Waals surface area contributed by atoms with Gasteiger partial charge in [-0.15, -0.1) is 0 Å². The summed E-state index contributed by atoms with van der Waals surface area (Å²) >= 11 is 0. The summed E-state index contributed by atoms with van der Waals surface area (Å²) in [5.41, 5.74) is 4.72. The van der Waals surface area contributed by atoms with Crippen LogP contribution in [0.5, 0.6) is 0 Å². The van der Waals surface area contributed by atoms with Crippen molar-refractivity contribution < 1.29 is 28.1 Å². The van der Waals surface area contributed by atoms with Crippen molar-refractivity contribution in [3.63, 3.8) is 0 Å². The number of nitrogen functional groups attached to an aromatic ring is 1. The van der Waals surface area contributed by atoms with E-state index in [2.05, 4.69) is 25.7 Å². The van der Waals surface area contributed by atoms with Crippen LogP contribution >= 0.6 is 0 Å². The predicted molar refractivity (Wildman–Crippen MR) is 124 cm³/mol. The zero-order chi connectivity index (χ0) is 25.8. The number of ether oxygens (including phenoxy) is 1. The van der Waals surface area contributed by atoms with Gasteiger partial charge in [0.25, 0.3) is 0 Å². The molecule has 13 heteroatoms. The van der Waals surface area contributed by atoms with Crippen LogP contribution < -0.4 is 16.4 Å². The summed E-state index contributed by atoms with van der Waals surface area (Å²) in [7, 11) is 0. The van der Waals surface area contributed by atoms with Gasteiger partial charge >= 0.3 is 6.18 Å². The van der Waals surface area contributed by atoms with Crippen molar-refractivity contribution >= 4 is 17.3 Å². The number of aromatic nitrogens is 4. The van der Waals surface area contributed by atoms with Crippen LogP contribution in [0.2, 0.25) is 0 Å². The average Bonchev–Trinajstić information content (AvgIpc) is 3.13. The molecule has 2 unspecified atom stereocenters. The second-order valence-corrected chi connectivity index (χ2v) is 8.99. The largest absolute Gasteiger partial charge is 0.419 e. The summed E-state index contributed by atoms with van der Waals surface area (Å²) in [5, 5.41) is 30.0. The van der Waals surface area contributed by atoms with Gasteiger partial charge in [0.2, 0.25) is 6.41 Å². The number of fused-ring (bicyclic) bond motifs is 1. The van der Waals surface area contributed by atoms with Gasteiger partial charge in [-0.05, 0) is 64.8 Å². The molecule has 0 saturated carbocycles. The van der Waals surface area contributed by atoms with E-state index in [0.29, 0.717) is 37.3 Å². The Kier molecular flexibility index (Phi) is 8.15. The van der Waals surface area contributed by atoms with Crippen molar-refractivity contribution in [2.45, 2.75) is 64.5 Å². The minimum absolute atomic E-state index is 0.156. The van der Waals surface area contributed by atoms with Gasteiger partial charge in [0.1, 0.15) is 17.9 Å². The molecule has 3 aromatic heterocycles. The number of hydrogen-bond acceptors (Lipinski definition) is 9. The number of aliphatic hydroxyl groups excluding tert-OH is 2. The number of pyridine rings is 1. The van der Waals surface area contributed by atoms with Crippen molar-refractivity contribution in [1.82, 2.24) is 24.9 Å². The zero-order valence-corrected chi connectivity index (χ0v) is 19.7. The van der Waals surface area contributed by atoms with E-state index in [1.807, 2.05) is 20.8 Å². The third kappa shape index (κ3) is 7.75. The Balaban J connectivity index is 1.55. The molecule has 0 aliphatic rings. The highest BCUT2D eigenvalue weighted by Crippen LogP contribution is 2.34. The molecule has 3 heterocycles. The lowest BCUT2D eigenvalue weighted by atomic mass is 10.1. The number of imidazole rings is 1. The van der Waals surface area contributed by atoms with Gasteiger partial charge in [0, 0.05) is 11.8 Å². The summed E-state index contributed by atoms with van der Waals surface area (Å²) in [6.07, 6.45) is -2.00. The number of nitrogens with two attached hydrogens (primary N) is 1. The molecule has 2 atom stereocenters. The first-order chi connectivity index (χ1) is 16.3. The van der Waals surface area contributed by atoms with Gasteiger partial charge in [0.15, 0.2) is 5.65 Å². The molecule has 0 aromatic carbocycles. The van der Waals surface area contributed by atoms with Gasteiger partial charge in [-0.25, -0.2) is 14.5 Å². The number of nitrogens with zero attached hydrogens (tertiary/aromatic N) is 4. The lowest BCUT2D eigenvalue weighted by Gasteiger charge is -2.24. The molecule has 0 bridgehead atoms. The van der Waals surface area contributed by atoms with Gasteiger partial charge in [-0.3, -0.25) is 5.32 Å². The fourth-order valence-electron chi connectivity index (χ4n) is 3.26. The molecular weight excluding hydrogens is 467 g/mol. The first-order valence-corrected chi connectivity index (χ1v) is 11.1. The van der Waals surface area contributed by atoms with E-state index in [4.69, 9.17) is 10.5 Å². The van der Waals surface area contributed by atoms with E-state index in [0.717, 1.165) is 6.07 Å². The molecule has 0 spiro atoms.